The summed E-state index contributed by atoms with van der Waals surface area (Å²) in [5, 5.41) is 8.29. The highest BCUT2D eigenvalue weighted by molar-refractivity contribution is 5.89. The zero-order valence-corrected chi connectivity index (χ0v) is 12.3. The quantitative estimate of drug-likeness (QED) is 0.799. The molecule has 0 bridgehead atoms. The number of piperazine rings is 1. The first-order valence-electron chi connectivity index (χ1n) is 6.99. The van der Waals surface area contributed by atoms with E-state index in [1.165, 1.54) is 6.33 Å². The van der Waals surface area contributed by atoms with Crippen LogP contribution in [-0.4, -0.2) is 70.3 Å². The minimum absolute atomic E-state index is 0.120. The van der Waals surface area contributed by atoms with Crippen LogP contribution >= 0.6 is 0 Å². The molecule has 112 valence electrons. The Morgan fingerprint density at radius 3 is 2.90 bits per heavy atom. The van der Waals surface area contributed by atoms with Crippen molar-refractivity contribution in [1.82, 2.24) is 30.0 Å². The fraction of sp³-hybridized carbons (Fsp3) is 0.538. The minimum Gasteiger partial charge on any atom is -0.350 e. The molecule has 2 aromatic rings. The number of likely N-dealkylation sites (N-methyl/N-ethyl adjacent to an activating group) is 1. The summed E-state index contributed by atoms with van der Waals surface area (Å²) >= 11 is 0. The zero-order chi connectivity index (χ0) is 14.8. The van der Waals surface area contributed by atoms with Crippen molar-refractivity contribution in [3.05, 3.63) is 12.5 Å². The molecule has 2 aromatic heterocycles. The van der Waals surface area contributed by atoms with E-state index >= 15 is 0 Å². The number of hydrogen-bond donors (Lipinski definition) is 1. The van der Waals surface area contributed by atoms with E-state index in [0.717, 1.165) is 43.0 Å². The van der Waals surface area contributed by atoms with Crippen LogP contribution in [0.5, 0.6) is 0 Å². The fourth-order valence-corrected chi connectivity index (χ4v) is 2.55. The molecule has 1 N–H and O–H groups in total. The largest absolute Gasteiger partial charge is 0.350 e. The van der Waals surface area contributed by atoms with E-state index in [1.807, 2.05) is 23.9 Å². The van der Waals surface area contributed by atoms with Gasteiger partial charge in [-0.2, -0.15) is 5.10 Å². The van der Waals surface area contributed by atoms with E-state index in [1.54, 1.807) is 10.9 Å². The van der Waals surface area contributed by atoms with Crippen LogP contribution in [0.4, 0.5) is 5.82 Å². The van der Waals surface area contributed by atoms with Crippen molar-refractivity contribution in [3.63, 3.8) is 0 Å². The fourth-order valence-electron chi connectivity index (χ4n) is 2.55. The molecule has 3 heterocycles. The number of aryl methyl sites for hydroxylation is 1. The van der Waals surface area contributed by atoms with Gasteiger partial charge in [0.2, 0.25) is 5.91 Å². The van der Waals surface area contributed by atoms with Crippen LogP contribution in [0.15, 0.2) is 12.5 Å². The number of nitrogens with one attached hydrogen (secondary N) is 1. The van der Waals surface area contributed by atoms with Gasteiger partial charge in [-0.15, -0.1) is 0 Å². The molecular weight excluding hydrogens is 270 g/mol. The van der Waals surface area contributed by atoms with Gasteiger partial charge in [0, 0.05) is 40.3 Å². The number of amides is 1. The Balaban J connectivity index is 1.77. The van der Waals surface area contributed by atoms with Crippen molar-refractivity contribution >= 4 is 22.8 Å². The predicted octanol–water partition coefficient (Wildman–Crippen LogP) is -0.769. The van der Waals surface area contributed by atoms with Crippen LogP contribution in [0, 0.1) is 0 Å². The van der Waals surface area contributed by atoms with Gasteiger partial charge in [-0.05, 0) is 0 Å². The van der Waals surface area contributed by atoms with Crippen LogP contribution in [0.2, 0.25) is 0 Å². The second-order valence-electron chi connectivity index (χ2n) is 5.19. The molecule has 8 heteroatoms. The summed E-state index contributed by atoms with van der Waals surface area (Å²) in [4.78, 5) is 24.6. The lowest BCUT2D eigenvalue weighted by molar-refractivity contribution is -0.130. The average molecular weight is 289 g/mol. The van der Waals surface area contributed by atoms with Gasteiger partial charge in [0.15, 0.2) is 5.65 Å². The van der Waals surface area contributed by atoms with E-state index in [0.29, 0.717) is 6.54 Å². The van der Waals surface area contributed by atoms with Crippen LogP contribution < -0.4 is 10.2 Å². The van der Waals surface area contributed by atoms with Gasteiger partial charge < -0.3 is 15.1 Å². The van der Waals surface area contributed by atoms with Crippen molar-refractivity contribution in [2.24, 2.45) is 7.05 Å². The third-order valence-corrected chi connectivity index (χ3v) is 3.71. The van der Waals surface area contributed by atoms with E-state index in [2.05, 4.69) is 20.4 Å². The van der Waals surface area contributed by atoms with Gasteiger partial charge in [-0.1, -0.05) is 0 Å². The summed E-state index contributed by atoms with van der Waals surface area (Å²) in [6.07, 6.45) is 3.24. The van der Waals surface area contributed by atoms with Crippen LogP contribution in [-0.2, 0) is 11.8 Å². The van der Waals surface area contributed by atoms with Crippen molar-refractivity contribution in [2.75, 3.05) is 44.7 Å². The second-order valence-corrected chi connectivity index (χ2v) is 5.19. The van der Waals surface area contributed by atoms with Crippen molar-refractivity contribution in [2.45, 2.75) is 0 Å². The highest BCUT2D eigenvalue weighted by atomic mass is 16.2. The lowest BCUT2D eigenvalue weighted by Gasteiger charge is -2.29. The Labute approximate surface area is 122 Å². The highest BCUT2D eigenvalue weighted by Crippen LogP contribution is 2.20. The molecule has 1 amide bonds. The molecule has 1 fully saturated rings. The molecule has 21 heavy (non-hydrogen) atoms. The monoisotopic (exact) mass is 289 g/mol. The van der Waals surface area contributed by atoms with Gasteiger partial charge in [0.25, 0.3) is 0 Å². The molecule has 0 saturated carbocycles. The molecule has 0 unspecified atom stereocenters. The van der Waals surface area contributed by atoms with Gasteiger partial charge in [-0.25, -0.2) is 9.97 Å². The van der Waals surface area contributed by atoms with Gasteiger partial charge in [0.05, 0.1) is 18.1 Å². The second kappa shape index (κ2) is 5.65. The maximum atomic E-state index is 12.3. The number of aromatic nitrogens is 4. The standard InChI is InChI=1S/C13H19N7O/c1-18(8-11(21)20-5-3-14-4-6-20)12-10-7-17-19(2)13(10)16-9-15-12/h7,9,14H,3-6,8H2,1-2H3. The van der Waals surface area contributed by atoms with E-state index in [-0.39, 0.29) is 5.91 Å². The number of anilines is 1. The summed E-state index contributed by atoms with van der Waals surface area (Å²) in [7, 11) is 3.71. The number of carbonyl (C=O) groups is 1. The first-order chi connectivity index (χ1) is 10.2. The number of fused-ring (bicyclic) bond motifs is 1. The Morgan fingerprint density at radius 1 is 1.38 bits per heavy atom. The summed E-state index contributed by atoms with van der Waals surface area (Å²) in [5.41, 5.74) is 0.765. The number of nitrogens with zero attached hydrogens (tertiary/aromatic N) is 6. The number of carbonyl (C=O) groups excluding carboxylic acids is 1. The van der Waals surface area contributed by atoms with Gasteiger partial charge >= 0.3 is 0 Å². The Kier molecular flexibility index (Phi) is 3.70. The normalized spacial score (nSPS) is 15.4. The van der Waals surface area contributed by atoms with Crippen molar-refractivity contribution < 1.29 is 4.79 Å². The molecule has 0 atom stereocenters. The Bertz CT molecular complexity index is 647. The smallest absolute Gasteiger partial charge is 0.242 e. The maximum Gasteiger partial charge on any atom is 0.242 e. The molecule has 0 aromatic carbocycles. The van der Waals surface area contributed by atoms with Crippen LogP contribution in [0.3, 0.4) is 0 Å². The van der Waals surface area contributed by atoms with Crippen LogP contribution in [0.25, 0.3) is 11.0 Å². The molecule has 1 aliphatic rings. The van der Waals surface area contributed by atoms with E-state index in [9.17, 15) is 4.79 Å². The third kappa shape index (κ3) is 2.66. The van der Waals surface area contributed by atoms with E-state index < -0.39 is 0 Å². The number of rotatable bonds is 3. The summed E-state index contributed by atoms with van der Waals surface area (Å²) in [6, 6.07) is 0. The molecule has 1 saturated heterocycles. The first kappa shape index (κ1) is 13.7. The molecule has 0 aliphatic carbocycles. The lowest BCUT2D eigenvalue weighted by Crippen LogP contribution is -2.49. The summed E-state index contributed by atoms with van der Waals surface area (Å²) in [5.74, 6) is 0.853. The average Bonchev–Trinajstić information content (AvgIpc) is 2.89. The Morgan fingerprint density at radius 2 is 2.14 bits per heavy atom. The zero-order valence-electron chi connectivity index (χ0n) is 12.3. The van der Waals surface area contributed by atoms with E-state index in [4.69, 9.17) is 0 Å². The molecule has 3 rings (SSSR count). The minimum atomic E-state index is 0.120. The Hall–Kier alpha value is -2.22. The number of hydrogen-bond acceptors (Lipinski definition) is 6. The SMILES string of the molecule is CN(CC(=O)N1CCNCC1)c1ncnc2c1cnn2C. The van der Waals surface area contributed by atoms with Crippen LogP contribution in [0.1, 0.15) is 0 Å². The summed E-state index contributed by atoms with van der Waals surface area (Å²) in [6.45, 7) is 3.55. The first-order valence-corrected chi connectivity index (χ1v) is 6.99. The third-order valence-electron chi connectivity index (χ3n) is 3.71. The molecular formula is C13H19N7O. The topological polar surface area (TPSA) is 79.2 Å². The molecule has 0 spiro atoms. The highest BCUT2D eigenvalue weighted by Gasteiger charge is 2.19. The molecule has 8 nitrogen and oxygen atoms in total. The maximum absolute atomic E-state index is 12.3. The molecule has 0 radical (unpaired) electrons. The van der Waals surface area contributed by atoms with Gasteiger partial charge in [-0.3, -0.25) is 9.48 Å². The predicted molar refractivity (Wildman–Crippen MR) is 79.0 cm³/mol. The molecule has 1 aliphatic heterocycles. The van der Waals surface area contributed by atoms with Crippen molar-refractivity contribution in [1.29, 1.82) is 0 Å². The lowest BCUT2D eigenvalue weighted by atomic mass is 10.3. The van der Waals surface area contributed by atoms with Crippen molar-refractivity contribution in [3.8, 4) is 0 Å². The summed E-state index contributed by atoms with van der Waals surface area (Å²) < 4.78 is 1.70. The van der Waals surface area contributed by atoms with Gasteiger partial charge in [0.1, 0.15) is 12.1 Å².